The molecule has 0 spiro atoms. The Labute approximate surface area is 117 Å². The lowest BCUT2D eigenvalue weighted by molar-refractivity contribution is 0.395. The van der Waals surface area contributed by atoms with Crippen molar-refractivity contribution in [3.8, 4) is 23.0 Å². The van der Waals surface area contributed by atoms with Gasteiger partial charge in [0.25, 0.3) is 0 Å². The van der Waals surface area contributed by atoms with E-state index < -0.39 is 0 Å². The highest BCUT2D eigenvalue weighted by atomic mass is 16.5. The standard InChI is InChI=1S/C15H17NO4/c1-19-11-6-7-12(14(8-11)20-2)16-9-10-4-3-5-13(17)15(10)18/h3-8,16-18H,9H2,1-2H3. The quantitative estimate of drug-likeness (QED) is 0.732. The number of para-hydroxylation sites is 1. The van der Waals surface area contributed by atoms with E-state index in [9.17, 15) is 10.2 Å². The predicted molar refractivity (Wildman–Crippen MR) is 76.6 cm³/mol. The molecule has 0 aliphatic carbocycles. The molecule has 5 nitrogen and oxygen atoms in total. The summed E-state index contributed by atoms with van der Waals surface area (Å²) in [7, 11) is 3.17. The number of anilines is 1. The monoisotopic (exact) mass is 275 g/mol. The van der Waals surface area contributed by atoms with Crippen LogP contribution in [0, 0.1) is 0 Å². The van der Waals surface area contributed by atoms with Crippen molar-refractivity contribution in [2.45, 2.75) is 6.54 Å². The molecule has 0 atom stereocenters. The number of benzene rings is 2. The number of methoxy groups -OCH3 is 2. The van der Waals surface area contributed by atoms with Gasteiger partial charge in [0.05, 0.1) is 19.9 Å². The Balaban J connectivity index is 2.16. The SMILES string of the molecule is COc1ccc(NCc2cccc(O)c2O)c(OC)c1. The number of ether oxygens (including phenoxy) is 2. The Morgan fingerprint density at radius 3 is 2.55 bits per heavy atom. The number of phenolic OH excluding ortho intramolecular Hbond substituents is 2. The maximum absolute atomic E-state index is 9.74. The van der Waals surface area contributed by atoms with Crippen molar-refractivity contribution in [2.24, 2.45) is 0 Å². The largest absolute Gasteiger partial charge is 0.504 e. The summed E-state index contributed by atoms with van der Waals surface area (Å²) in [5.41, 5.74) is 1.37. The van der Waals surface area contributed by atoms with Crippen molar-refractivity contribution in [3.05, 3.63) is 42.0 Å². The molecule has 20 heavy (non-hydrogen) atoms. The van der Waals surface area contributed by atoms with Crippen LogP contribution in [0.1, 0.15) is 5.56 Å². The van der Waals surface area contributed by atoms with E-state index in [1.165, 1.54) is 6.07 Å². The van der Waals surface area contributed by atoms with E-state index in [-0.39, 0.29) is 11.5 Å². The van der Waals surface area contributed by atoms with Crippen molar-refractivity contribution in [2.75, 3.05) is 19.5 Å². The topological polar surface area (TPSA) is 71.0 Å². The van der Waals surface area contributed by atoms with Crippen LogP contribution in [0.3, 0.4) is 0 Å². The van der Waals surface area contributed by atoms with E-state index in [4.69, 9.17) is 9.47 Å². The lowest BCUT2D eigenvalue weighted by Crippen LogP contribution is -2.02. The van der Waals surface area contributed by atoms with E-state index in [2.05, 4.69) is 5.32 Å². The van der Waals surface area contributed by atoms with Gasteiger partial charge in [-0.15, -0.1) is 0 Å². The van der Waals surface area contributed by atoms with Crippen LogP contribution in [-0.2, 0) is 6.54 Å². The molecule has 0 fully saturated rings. The molecule has 0 radical (unpaired) electrons. The fraction of sp³-hybridized carbons (Fsp3) is 0.200. The molecule has 0 saturated heterocycles. The Bertz CT molecular complexity index is 598. The first-order valence-corrected chi connectivity index (χ1v) is 6.11. The van der Waals surface area contributed by atoms with Gasteiger partial charge in [0.1, 0.15) is 11.5 Å². The second kappa shape index (κ2) is 6.06. The highest BCUT2D eigenvalue weighted by molar-refractivity contribution is 5.60. The average molecular weight is 275 g/mol. The van der Waals surface area contributed by atoms with Crippen molar-refractivity contribution in [3.63, 3.8) is 0 Å². The van der Waals surface area contributed by atoms with Gasteiger partial charge in [0.15, 0.2) is 11.5 Å². The molecule has 0 saturated carbocycles. The smallest absolute Gasteiger partial charge is 0.162 e. The first-order chi connectivity index (χ1) is 9.65. The third kappa shape index (κ3) is 2.88. The van der Waals surface area contributed by atoms with Crippen LogP contribution in [0.15, 0.2) is 36.4 Å². The molecule has 0 aromatic heterocycles. The van der Waals surface area contributed by atoms with E-state index in [0.29, 0.717) is 23.6 Å². The number of aromatic hydroxyl groups is 2. The van der Waals surface area contributed by atoms with Crippen molar-refractivity contribution >= 4 is 5.69 Å². The molecule has 0 amide bonds. The van der Waals surface area contributed by atoms with Gasteiger partial charge in [-0.25, -0.2) is 0 Å². The summed E-state index contributed by atoms with van der Waals surface area (Å²) in [6.07, 6.45) is 0. The van der Waals surface area contributed by atoms with E-state index in [1.807, 2.05) is 12.1 Å². The lowest BCUT2D eigenvalue weighted by atomic mass is 10.1. The van der Waals surface area contributed by atoms with E-state index >= 15 is 0 Å². The zero-order valence-corrected chi connectivity index (χ0v) is 11.4. The fourth-order valence-electron chi connectivity index (χ4n) is 1.86. The number of rotatable bonds is 5. The molecule has 0 aliphatic rings. The zero-order chi connectivity index (χ0) is 14.5. The van der Waals surface area contributed by atoms with Gasteiger partial charge in [-0.3, -0.25) is 0 Å². The van der Waals surface area contributed by atoms with Crippen LogP contribution in [0.25, 0.3) is 0 Å². The van der Waals surface area contributed by atoms with Gasteiger partial charge in [0, 0.05) is 18.2 Å². The summed E-state index contributed by atoms with van der Waals surface area (Å²) in [4.78, 5) is 0. The number of hydrogen-bond acceptors (Lipinski definition) is 5. The summed E-state index contributed by atoms with van der Waals surface area (Å²) < 4.78 is 10.4. The van der Waals surface area contributed by atoms with Crippen LogP contribution in [-0.4, -0.2) is 24.4 Å². The fourth-order valence-corrected chi connectivity index (χ4v) is 1.86. The van der Waals surface area contributed by atoms with Crippen LogP contribution >= 0.6 is 0 Å². The van der Waals surface area contributed by atoms with Gasteiger partial charge in [-0.1, -0.05) is 12.1 Å². The third-order valence-electron chi connectivity index (χ3n) is 2.98. The van der Waals surface area contributed by atoms with E-state index in [1.54, 1.807) is 32.4 Å². The highest BCUT2D eigenvalue weighted by Crippen LogP contribution is 2.32. The van der Waals surface area contributed by atoms with Crippen LogP contribution < -0.4 is 14.8 Å². The molecule has 0 heterocycles. The molecular formula is C15H17NO4. The molecule has 5 heteroatoms. The highest BCUT2D eigenvalue weighted by Gasteiger charge is 2.08. The molecule has 2 rings (SSSR count). The minimum absolute atomic E-state index is 0.118. The molecule has 2 aromatic rings. The van der Waals surface area contributed by atoms with Crippen LogP contribution in [0.4, 0.5) is 5.69 Å². The summed E-state index contributed by atoms with van der Waals surface area (Å²) in [6, 6.07) is 10.3. The molecule has 0 unspecified atom stereocenters. The Morgan fingerprint density at radius 2 is 1.85 bits per heavy atom. The third-order valence-corrected chi connectivity index (χ3v) is 2.98. The molecule has 2 aromatic carbocycles. The normalized spacial score (nSPS) is 10.1. The number of phenols is 2. The minimum Gasteiger partial charge on any atom is -0.504 e. The molecule has 106 valence electrons. The zero-order valence-electron chi connectivity index (χ0n) is 11.4. The first kappa shape index (κ1) is 13.9. The van der Waals surface area contributed by atoms with Gasteiger partial charge < -0.3 is 25.0 Å². The van der Waals surface area contributed by atoms with Gasteiger partial charge in [-0.2, -0.15) is 0 Å². The van der Waals surface area contributed by atoms with Crippen molar-refractivity contribution < 1.29 is 19.7 Å². The second-order valence-corrected chi connectivity index (χ2v) is 4.20. The van der Waals surface area contributed by atoms with E-state index in [0.717, 1.165) is 5.69 Å². The van der Waals surface area contributed by atoms with Crippen molar-refractivity contribution in [1.29, 1.82) is 0 Å². The summed E-state index contributed by atoms with van der Waals surface area (Å²) >= 11 is 0. The molecular weight excluding hydrogens is 258 g/mol. The predicted octanol–water partition coefficient (Wildman–Crippen LogP) is 2.73. The first-order valence-electron chi connectivity index (χ1n) is 6.11. The minimum atomic E-state index is -0.133. The number of hydrogen-bond donors (Lipinski definition) is 3. The van der Waals surface area contributed by atoms with Crippen LogP contribution in [0.5, 0.6) is 23.0 Å². The maximum Gasteiger partial charge on any atom is 0.162 e. The van der Waals surface area contributed by atoms with Crippen LogP contribution in [0.2, 0.25) is 0 Å². The molecule has 0 aliphatic heterocycles. The molecule has 0 bridgehead atoms. The molecule has 3 N–H and O–H groups in total. The summed E-state index contributed by atoms with van der Waals surface area (Å²) in [5, 5.41) is 22.3. The maximum atomic E-state index is 9.74. The Kier molecular flexibility index (Phi) is 4.20. The van der Waals surface area contributed by atoms with Gasteiger partial charge in [0.2, 0.25) is 0 Å². The Hall–Kier alpha value is -2.56. The van der Waals surface area contributed by atoms with Crippen molar-refractivity contribution in [1.82, 2.24) is 0 Å². The summed E-state index contributed by atoms with van der Waals surface area (Å²) in [5.74, 6) is 1.09. The lowest BCUT2D eigenvalue weighted by Gasteiger charge is -2.13. The summed E-state index contributed by atoms with van der Waals surface area (Å²) in [6.45, 7) is 0.364. The van der Waals surface area contributed by atoms with Gasteiger partial charge >= 0.3 is 0 Å². The second-order valence-electron chi connectivity index (χ2n) is 4.20. The number of nitrogens with one attached hydrogen (secondary N) is 1. The Morgan fingerprint density at radius 1 is 1.05 bits per heavy atom. The van der Waals surface area contributed by atoms with Gasteiger partial charge in [-0.05, 0) is 18.2 Å². The average Bonchev–Trinajstić information content (AvgIpc) is 2.48.